The Labute approximate surface area is 134 Å². The highest BCUT2D eigenvalue weighted by Gasteiger charge is 2.28. The second-order valence-electron chi connectivity index (χ2n) is 5.43. The van der Waals surface area contributed by atoms with Crippen LogP contribution in [0, 0.1) is 0 Å². The minimum Gasteiger partial charge on any atom is -0.360 e. The molecule has 7 nitrogen and oxygen atoms in total. The average molecular weight is 335 g/mol. The van der Waals surface area contributed by atoms with Gasteiger partial charge in [-0.2, -0.15) is 0 Å². The zero-order chi connectivity index (χ0) is 16.4. The molecule has 3 rings (SSSR count). The summed E-state index contributed by atoms with van der Waals surface area (Å²) < 4.78 is 30.9. The Morgan fingerprint density at radius 1 is 1.35 bits per heavy atom. The number of aromatic nitrogens is 1. The average Bonchev–Trinajstić information content (AvgIpc) is 3.30. The molecule has 1 aromatic carbocycles. The van der Waals surface area contributed by atoms with E-state index in [1.807, 2.05) is 0 Å². The van der Waals surface area contributed by atoms with Gasteiger partial charge in [0.25, 0.3) is 5.91 Å². The highest BCUT2D eigenvalue weighted by atomic mass is 32.2. The van der Waals surface area contributed by atoms with Crippen LogP contribution >= 0.6 is 0 Å². The number of hydrogen-bond acceptors (Lipinski definition) is 5. The Kier molecular flexibility index (Phi) is 4.18. The van der Waals surface area contributed by atoms with Crippen LogP contribution < -0.4 is 10.0 Å². The topological polar surface area (TPSA) is 101 Å². The quantitative estimate of drug-likeness (QED) is 0.831. The summed E-state index contributed by atoms with van der Waals surface area (Å²) in [6.45, 7) is 0.206. The lowest BCUT2D eigenvalue weighted by Crippen LogP contribution is -2.23. The standard InChI is InChI=1S/C15H17N3O4S/c1-16-23(20,21)12-4-2-3-10(7-12)9-17-15(19)13-8-14(22-18-13)11-5-6-11/h2-4,7-8,11,16H,5-6,9H2,1H3,(H,17,19). The van der Waals surface area contributed by atoms with Gasteiger partial charge in [-0.05, 0) is 37.6 Å². The van der Waals surface area contributed by atoms with Crippen LogP contribution in [0.15, 0.2) is 39.8 Å². The number of rotatable bonds is 6. The molecule has 1 fully saturated rings. The lowest BCUT2D eigenvalue weighted by atomic mass is 10.2. The van der Waals surface area contributed by atoms with Gasteiger partial charge in [-0.3, -0.25) is 4.79 Å². The van der Waals surface area contributed by atoms with Gasteiger partial charge in [-0.15, -0.1) is 0 Å². The van der Waals surface area contributed by atoms with Gasteiger partial charge in [0.1, 0.15) is 5.76 Å². The Hall–Kier alpha value is -2.19. The largest absolute Gasteiger partial charge is 0.360 e. The maximum Gasteiger partial charge on any atom is 0.273 e. The molecule has 2 N–H and O–H groups in total. The second kappa shape index (κ2) is 6.13. The second-order valence-corrected chi connectivity index (χ2v) is 7.31. The van der Waals surface area contributed by atoms with E-state index >= 15 is 0 Å². The third-order valence-electron chi connectivity index (χ3n) is 3.67. The van der Waals surface area contributed by atoms with Crippen molar-refractivity contribution in [3.63, 3.8) is 0 Å². The molecular weight excluding hydrogens is 318 g/mol. The van der Waals surface area contributed by atoms with E-state index in [1.54, 1.807) is 18.2 Å². The minimum atomic E-state index is -3.50. The molecule has 23 heavy (non-hydrogen) atoms. The molecule has 0 radical (unpaired) electrons. The summed E-state index contributed by atoms with van der Waals surface area (Å²) in [7, 11) is -2.15. The molecular formula is C15H17N3O4S. The summed E-state index contributed by atoms with van der Waals surface area (Å²) in [6, 6.07) is 8.05. The Bertz CT molecular complexity index is 825. The third-order valence-corrected chi connectivity index (χ3v) is 5.08. The minimum absolute atomic E-state index is 0.157. The summed E-state index contributed by atoms with van der Waals surface area (Å²) in [5.74, 6) is 0.798. The number of hydrogen-bond donors (Lipinski definition) is 2. The maximum absolute atomic E-state index is 12.0. The van der Waals surface area contributed by atoms with Crippen molar-refractivity contribution in [2.24, 2.45) is 0 Å². The molecule has 1 saturated carbocycles. The predicted octanol–water partition coefficient (Wildman–Crippen LogP) is 1.39. The van der Waals surface area contributed by atoms with Crippen LogP contribution in [0.5, 0.6) is 0 Å². The molecule has 122 valence electrons. The number of nitrogens with one attached hydrogen (secondary N) is 2. The van der Waals surface area contributed by atoms with Crippen LogP contribution in [0.25, 0.3) is 0 Å². The van der Waals surface area contributed by atoms with Crippen molar-refractivity contribution < 1.29 is 17.7 Å². The number of benzene rings is 1. The van der Waals surface area contributed by atoms with Gasteiger partial charge in [0.05, 0.1) is 4.90 Å². The Morgan fingerprint density at radius 2 is 2.13 bits per heavy atom. The predicted molar refractivity (Wildman–Crippen MR) is 82.3 cm³/mol. The highest BCUT2D eigenvalue weighted by Crippen LogP contribution is 2.40. The molecule has 2 aromatic rings. The van der Waals surface area contributed by atoms with Crippen LogP contribution in [0.3, 0.4) is 0 Å². The molecule has 1 amide bonds. The van der Waals surface area contributed by atoms with Gasteiger partial charge < -0.3 is 9.84 Å². The molecule has 0 saturated heterocycles. The van der Waals surface area contributed by atoms with Crippen LogP contribution in [0.2, 0.25) is 0 Å². The van der Waals surface area contributed by atoms with Gasteiger partial charge >= 0.3 is 0 Å². The fraction of sp³-hybridized carbons (Fsp3) is 0.333. The monoisotopic (exact) mass is 335 g/mol. The molecule has 1 heterocycles. The Morgan fingerprint density at radius 3 is 2.83 bits per heavy atom. The first kappa shape index (κ1) is 15.7. The van der Waals surface area contributed by atoms with Gasteiger partial charge in [0.15, 0.2) is 5.69 Å². The first-order chi connectivity index (χ1) is 11.0. The van der Waals surface area contributed by atoms with Gasteiger partial charge in [0, 0.05) is 18.5 Å². The molecule has 0 spiro atoms. The Balaban J connectivity index is 1.65. The summed E-state index contributed by atoms with van der Waals surface area (Å²) >= 11 is 0. The molecule has 1 aliphatic carbocycles. The van der Waals surface area contributed by atoms with Crippen molar-refractivity contribution >= 4 is 15.9 Å². The van der Waals surface area contributed by atoms with Gasteiger partial charge in [-0.25, -0.2) is 13.1 Å². The van der Waals surface area contributed by atoms with E-state index in [-0.39, 0.29) is 23.0 Å². The van der Waals surface area contributed by atoms with E-state index in [0.29, 0.717) is 11.5 Å². The summed E-state index contributed by atoms with van der Waals surface area (Å²) in [6.07, 6.45) is 2.14. The van der Waals surface area contributed by atoms with Crippen molar-refractivity contribution in [1.29, 1.82) is 0 Å². The molecule has 1 aromatic heterocycles. The van der Waals surface area contributed by atoms with E-state index in [4.69, 9.17) is 4.52 Å². The van der Waals surface area contributed by atoms with E-state index in [2.05, 4.69) is 15.2 Å². The van der Waals surface area contributed by atoms with Crippen LogP contribution in [0.1, 0.15) is 40.6 Å². The van der Waals surface area contributed by atoms with Crippen molar-refractivity contribution in [3.05, 3.63) is 47.3 Å². The molecule has 1 aliphatic rings. The smallest absolute Gasteiger partial charge is 0.273 e. The lowest BCUT2D eigenvalue weighted by molar-refractivity contribution is 0.0941. The van der Waals surface area contributed by atoms with Crippen LogP contribution in [-0.4, -0.2) is 26.5 Å². The zero-order valence-electron chi connectivity index (χ0n) is 12.6. The van der Waals surface area contributed by atoms with Gasteiger partial charge in [-0.1, -0.05) is 17.3 Å². The number of carbonyl (C=O) groups is 1. The first-order valence-corrected chi connectivity index (χ1v) is 8.75. The van der Waals surface area contributed by atoms with Gasteiger partial charge in [0.2, 0.25) is 10.0 Å². The molecule has 0 bridgehead atoms. The van der Waals surface area contributed by atoms with E-state index < -0.39 is 10.0 Å². The summed E-state index contributed by atoms with van der Waals surface area (Å²) in [5.41, 5.74) is 0.923. The van der Waals surface area contributed by atoms with Crippen LogP contribution in [0.4, 0.5) is 0 Å². The lowest BCUT2D eigenvalue weighted by Gasteiger charge is -2.06. The van der Waals surface area contributed by atoms with Crippen LogP contribution in [-0.2, 0) is 16.6 Å². The molecule has 0 aliphatic heterocycles. The summed E-state index contributed by atoms with van der Waals surface area (Å²) in [4.78, 5) is 12.2. The number of amides is 1. The number of sulfonamides is 1. The fourth-order valence-electron chi connectivity index (χ4n) is 2.17. The van der Waals surface area contributed by atoms with E-state index in [0.717, 1.165) is 18.6 Å². The van der Waals surface area contributed by atoms with Crippen molar-refractivity contribution in [1.82, 2.24) is 15.2 Å². The van der Waals surface area contributed by atoms with Crippen molar-refractivity contribution in [2.45, 2.75) is 30.2 Å². The number of carbonyl (C=O) groups excluding carboxylic acids is 1. The summed E-state index contributed by atoms with van der Waals surface area (Å²) in [5, 5.41) is 6.47. The number of nitrogens with zero attached hydrogens (tertiary/aromatic N) is 1. The SMILES string of the molecule is CNS(=O)(=O)c1cccc(CNC(=O)c2cc(C3CC3)on2)c1. The third kappa shape index (κ3) is 3.59. The van der Waals surface area contributed by atoms with Crippen molar-refractivity contribution in [3.8, 4) is 0 Å². The highest BCUT2D eigenvalue weighted by molar-refractivity contribution is 7.89. The molecule has 8 heteroatoms. The molecule has 0 unspecified atom stereocenters. The normalized spacial score (nSPS) is 14.7. The van der Waals surface area contributed by atoms with E-state index in [1.165, 1.54) is 19.2 Å². The molecule has 0 atom stereocenters. The fourth-order valence-corrected chi connectivity index (χ4v) is 2.97. The first-order valence-electron chi connectivity index (χ1n) is 7.27. The maximum atomic E-state index is 12.0. The van der Waals surface area contributed by atoms with Crippen molar-refractivity contribution in [2.75, 3.05) is 7.05 Å². The van der Waals surface area contributed by atoms with E-state index in [9.17, 15) is 13.2 Å². The zero-order valence-corrected chi connectivity index (χ0v) is 13.4.